The molecular formula is C16H25NS. The quantitative estimate of drug-likeness (QED) is 0.806. The van der Waals surface area contributed by atoms with Crippen molar-refractivity contribution in [1.82, 2.24) is 0 Å². The van der Waals surface area contributed by atoms with Gasteiger partial charge < -0.3 is 5.73 Å². The molecule has 0 amide bonds. The van der Waals surface area contributed by atoms with E-state index in [1.54, 1.807) is 0 Å². The molecule has 1 aliphatic rings. The Kier molecular flexibility index (Phi) is 4.08. The van der Waals surface area contributed by atoms with Crippen LogP contribution >= 0.6 is 11.8 Å². The van der Waals surface area contributed by atoms with Crippen LogP contribution in [0.1, 0.15) is 45.6 Å². The van der Waals surface area contributed by atoms with Gasteiger partial charge in [-0.3, -0.25) is 0 Å². The van der Waals surface area contributed by atoms with Crippen LogP contribution in [0.15, 0.2) is 29.2 Å². The molecule has 0 heterocycles. The van der Waals surface area contributed by atoms with Crippen LogP contribution in [0.5, 0.6) is 0 Å². The van der Waals surface area contributed by atoms with Gasteiger partial charge in [0.1, 0.15) is 0 Å². The standard InChI is InChI=1S/C16H25NS/c1-15(2,3)13-4-6-14(7-5-13)18-12-16(8-9-16)10-11-17/h4-7H,8-12,17H2,1-3H3. The van der Waals surface area contributed by atoms with Gasteiger partial charge in [-0.2, -0.15) is 0 Å². The number of hydrogen-bond donors (Lipinski definition) is 1. The Morgan fingerprint density at radius 3 is 2.22 bits per heavy atom. The Balaban J connectivity index is 1.91. The third kappa shape index (κ3) is 3.52. The van der Waals surface area contributed by atoms with Gasteiger partial charge in [-0.05, 0) is 54.3 Å². The lowest BCUT2D eigenvalue weighted by Crippen LogP contribution is -2.12. The van der Waals surface area contributed by atoms with Crippen molar-refractivity contribution in [2.75, 3.05) is 12.3 Å². The molecule has 0 aromatic heterocycles. The molecule has 100 valence electrons. The summed E-state index contributed by atoms with van der Waals surface area (Å²) in [5.74, 6) is 1.24. The first-order valence-electron chi connectivity index (χ1n) is 6.89. The molecule has 0 bridgehead atoms. The number of hydrogen-bond acceptors (Lipinski definition) is 2. The van der Waals surface area contributed by atoms with E-state index in [4.69, 9.17) is 5.73 Å². The molecule has 18 heavy (non-hydrogen) atoms. The van der Waals surface area contributed by atoms with Gasteiger partial charge in [0.2, 0.25) is 0 Å². The summed E-state index contributed by atoms with van der Waals surface area (Å²) >= 11 is 1.99. The molecule has 2 heteroatoms. The maximum atomic E-state index is 5.68. The molecule has 0 atom stereocenters. The fraction of sp³-hybridized carbons (Fsp3) is 0.625. The Hall–Kier alpha value is -0.470. The summed E-state index contributed by atoms with van der Waals surface area (Å²) in [6.45, 7) is 7.62. The molecule has 1 aliphatic carbocycles. The third-order valence-electron chi connectivity index (χ3n) is 3.90. The van der Waals surface area contributed by atoms with E-state index in [1.165, 1.54) is 35.5 Å². The summed E-state index contributed by atoms with van der Waals surface area (Å²) in [4.78, 5) is 1.39. The zero-order valence-corrected chi connectivity index (χ0v) is 12.6. The van der Waals surface area contributed by atoms with E-state index in [0.29, 0.717) is 5.41 Å². The highest BCUT2D eigenvalue weighted by atomic mass is 32.2. The Morgan fingerprint density at radius 1 is 1.17 bits per heavy atom. The van der Waals surface area contributed by atoms with E-state index >= 15 is 0 Å². The van der Waals surface area contributed by atoms with E-state index < -0.39 is 0 Å². The number of rotatable bonds is 5. The van der Waals surface area contributed by atoms with Crippen molar-refractivity contribution < 1.29 is 0 Å². The van der Waals surface area contributed by atoms with Crippen LogP contribution in [0, 0.1) is 5.41 Å². The van der Waals surface area contributed by atoms with Gasteiger partial charge in [0.25, 0.3) is 0 Å². The molecule has 2 rings (SSSR count). The van der Waals surface area contributed by atoms with Crippen molar-refractivity contribution >= 4 is 11.8 Å². The smallest absolute Gasteiger partial charge is 0.00723 e. The van der Waals surface area contributed by atoms with E-state index in [1.807, 2.05) is 11.8 Å². The molecule has 1 saturated carbocycles. The van der Waals surface area contributed by atoms with Crippen LogP contribution in [0.25, 0.3) is 0 Å². The van der Waals surface area contributed by atoms with Gasteiger partial charge in [-0.1, -0.05) is 32.9 Å². The summed E-state index contributed by atoms with van der Waals surface area (Å²) in [7, 11) is 0. The van der Waals surface area contributed by atoms with Crippen LogP contribution in [0.3, 0.4) is 0 Å². The summed E-state index contributed by atoms with van der Waals surface area (Å²) in [6.07, 6.45) is 3.94. The fourth-order valence-corrected chi connectivity index (χ4v) is 3.47. The number of thioether (sulfide) groups is 1. The molecule has 0 aliphatic heterocycles. The number of nitrogens with two attached hydrogens (primary N) is 1. The third-order valence-corrected chi connectivity index (χ3v) is 5.26. The van der Waals surface area contributed by atoms with Crippen molar-refractivity contribution in [3.63, 3.8) is 0 Å². The molecular weight excluding hydrogens is 238 g/mol. The van der Waals surface area contributed by atoms with Crippen LogP contribution in [-0.2, 0) is 5.41 Å². The summed E-state index contributed by atoms with van der Waals surface area (Å²) in [6, 6.07) is 9.07. The second-order valence-corrected chi connectivity index (χ2v) is 7.65. The Morgan fingerprint density at radius 2 is 1.78 bits per heavy atom. The molecule has 1 aromatic carbocycles. The highest BCUT2D eigenvalue weighted by molar-refractivity contribution is 7.99. The Bertz CT molecular complexity index is 385. The molecule has 0 spiro atoms. The first-order chi connectivity index (χ1) is 8.45. The molecule has 2 N–H and O–H groups in total. The lowest BCUT2D eigenvalue weighted by atomic mass is 9.87. The van der Waals surface area contributed by atoms with Gasteiger partial charge >= 0.3 is 0 Å². The van der Waals surface area contributed by atoms with Crippen molar-refractivity contribution in [2.24, 2.45) is 11.1 Å². The molecule has 0 unspecified atom stereocenters. The van der Waals surface area contributed by atoms with Crippen LogP contribution in [-0.4, -0.2) is 12.3 Å². The monoisotopic (exact) mass is 263 g/mol. The van der Waals surface area contributed by atoms with Gasteiger partial charge in [-0.25, -0.2) is 0 Å². The molecule has 0 saturated heterocycles. The first-order valence-corrected chi connectivity index (χ1v) is 7.87. The number of benzene rings is 1. The molecule has 1 nitrogen and oxygen atoms in total. The molecule has 0 radical (unpaired) electrons. The largest absolute Gasteiger partial charge is 0.330 e. The zero-order valence-electron chi connectivity index (χ0n) is 11.8. The predicted molar refractivity (Wildman–Crippen MR) is 81.2 cm³/mol. The van der Waals surface area contributed by atoms with E-state index in [-0.39, 0.29) is 5.41 Å². The highest BCUT2D eigenvalue weighted by Gasteiger charge is 2.41. The molecule has 1 aromatic rings. The average Bonchev–Trinajstić information content (AvgIpc) is 3.07. The van der Waals surface area contributed by atoms with E-state index in [0.717, 1.165) is 6.54 Å². The Labute approximate surface area is 116 Å². The van der Waals surface area contributed by atoms with Gasteiger partial charge in [-0.15, -0.1) is 11.8 Å². The van der Waals surface area contributed by atoms with E-state index in [9.17, 15) is 0 Å². The predicted octanol–water partition coefficient (Wildman–Crippen LogP) is 4.21. The lowest BCUT2D eigenvalue weighted by Gasteiger charge is -2.19. The van der Waals surface area contributed by atoms with E-state index in [2.05, 4.69) is 45.0 Å². The summed E-state index contributed by atoms with van der Waals surface area (Å²) in [5, 5.41) is 0. The summed E-state index contributed by atoms with van der Waals surface area (Å²) < 4.78 is 0. The minimum atomic E-state index is 0.250. The maximum absolute atomic E-state index is 5.68. The van der Waals surface area contributed by atoms with Crippen LogP contribution in [0.2, 0.25) is 0 Å². The van der Waals surface area contributed by atoms with Crippen LogP contribution < -0.4 is 5.73 Å². The first kappa shape index (κ1) is 14.0. The minimum Gasteiger partial charge on any atom is -0.330 e. The topological polar surface area (TPSA) is 26.0 Å². The van der Waals surface area contributed by atoms with Gasteiger partial charge in [0.05, 0.1) is 0 Å². The van der Waals surface area contributed by atoms with Gasteiger partial charge in [0.15, 0.2) is 0 Å². The molecule has 1 fully saturated rings. The van der Waals surface area contributed by atoms with Crippen molar-refractivity contribution in [3.05, 3.63) is 29.8 Å². The zero-order chi connectivity index (χ0) is 13.2. The summed E-state index contributed by atoms with van der Waals surface area (Å²) in [5.41, 5.74) is 7.92. The SMILES string of the molecule is CC(C)(C)c1ccc(SCC2(CCN)CC2)cc1. The lowest BCUT2D eigenvalue weighted by molar-refractivity contribution is 0.537. The normalized spacial score (nSPS) is 17.8. The average molecular weight is 263 g/mol. The second kappa shape index (κ2) is 5.26. The van der Waals surface area contributed by atoms with Crippen LogP contribution in [0.4, 0.5) is 0 Å². The highest BCUT2D eigenvalue weighted by Crippen LogP contribution is 2.51. The van der Waals surface area contributed by atoms with Crippen molar-refractivity contribution in [1.29, 1.82) is 0 Å². The van der Waals surface area contributed by atoms with Crippen molar-refractivity contribution in [2.45, 2.75) is 50.3 Å². The van der Waals surface area contributed by atoms with Crippen molar-refractivity contribution in [3.8, 4) is 0 Å². The second-order valence-electron chi connectivity index (χ2n) is 6.60. The van der Waals surface area contributed by atoms with Gasteiger partial charge in [0, 0.05) is 10.6 Å². The maximum Gasteiger partial charge on any atom is 0.00723 e. The minimum absolute atomic E-state index is 0.250. The fourth-order valence-electron chi connectivity index (χ4n) is 2.24.